The van der Waals surface area contributed by atoms with Gasteiger partial charge in [-0.1, -0.05) is 43.7 Å². The first kappa shape index (κ1) is 27.9. The lowest BCUT2D eigenvalue weighted by Crippen LogP contribution is -2.40. The molecule has 0 aromatic heterocycles. The first-order chi connectivity index (χ1) is 17.6. The first-order valence-corrected chi connectivity index (χ1v) is 13.3. The Morgan fingerprint density at radius 2 is 1.46 bits per heavy atom. The van der Waals surface area contributed by atoms with Gasteiger partial charge >= 0.3 is 0 Å². The van der Waals surface area contributed by atoms with Crippen LogP contribution in [0.25, 0.3) is 0 Å². The van der Waals surface area contributed by atoms with Crippen molar-refractivity contribution in [2.45, 2.75) is 38.1 Å². The molecule has 1 amide bonds. The molecule has 37 heavy (non-hydrogen) atoms. The van der Waals surface area contributed by atoms with Gasteiger partial charge in [0, 0.05) is 6.54 Å². The van der Waals surface area contributed by atoms with Crippen LogP contribution in [0.5, 0.6) is 17.2 Å². The maximum Gasteiger partial charge on any atom is 0.264 e. The maximum absolute atomic E-state index is 13.6. The van der Waals surface area contributed by atoms with Crippen molar-refractivity contribution < 1.29 is 27.4 Å². The average Bonchev–Trinajstić information content (AvgIpc) is 2.90. The Kier molecular flexibility index (Phi) is 9.04. The van der Waals surface area contributed by atoms with Crippen molar-refractivity contribution >= 4 is 21.6 Å². The largest absolute Gasteiger partial charge is 0.493 e. The first-order valence-electron chi connectivity index (χ1n) is 11.9. The molecule has 8 nitrogen and oxygen atoms in total. The lowest BCUT2D eigenvalue weighted by molar-refractivity contribution is -0.119. The number of anilines is 1. The fourth-order valence-corrected chi connectivity index (χ4v) is 5.22. The number of carbonyl (C=O) groups is 1. The number of amides is 1. The van der Waals surface area contributed by atoms with Gasteiger partial charge in [-0.15, -0.1) is 0 Å². The number of nitrogens with one attached hydrogen (secondary N) is 1. The van der Waals surface area contributed by atoms with Crippen molar-refractivity contribution in [3.05, 3.63) is 77.4 Å². The van der Waals surface area contributed by atoms with Crippen LogP contribution in [0, 0.1) is 6.92 Å². The molecule has 9 heteroatoms. The number of benzene rings is 3. The van der Waals surface area contributed by atoms with Crippen LogP contribution in [-0.4, -0.2) is 42.2 Å². The number of hydrogen-bond donors (Lipinski definition) is 1. The van der Waals surface area contributed by atoms with Crippen LogP contribution < -0.4 is 23.8 Å². The molecule has 0 heterocycles. The molecular formula is C28H34N2O6S. The van der Waals surface area contributed by atoms with E-state index in [1.165, 1.54) is 21.3 Å². The third-order valence-electron chi connectivity index (χ3n) is 5.96. The molecule has 0 spiro atoms. The number of sulfonamides is 1. The monoisotopic (exact) mass is 526 g/mol. The van der Waals surface area contributed by atoms with Crippen molar-refractivity contribution in [1.82, 2.24) is 5.32 Å². The Hall–Kier alpha value is -3.72. The second-order valence-electron chi connectivity index (χ2n) is 8.88. The number of rotatable bonds is 11. The van der Waals surface area contributed by atoms with Gasteiger partial charge < -0.3 is 19.5 Å². The Morgan fingerprint density at radius 1 is 0.892 bits per heavy atom. The minimum absolute atomic E-state index is 0.114. The molecule has 3 aromatic carbocycles. The number of nitrogens with zero attached hydrogens (tertiary/aromatic N) is 1. The van der Waals surface area contributed by atoms with E-state index in [1.54, 1.807) is 48.5 Å². The van der Waals surface area contributed by atoms with E-state index < -0.39 is 15.9 Å². The van der Waals surface area contributed by atoms with Gasteiger partial charge in [-0.2, -0.15) is 0 Å². The summed E-state index contributed by atoms with van der Waals surface area (Å²) in [6.45, 7) is 5.76. The molecule has 0 aliphatic heterocycles. The van der Waals surface area contributed by atoms with Gasteiger partial charge in [-0.25, -0.2) is 8.42 Å². The van der Waals surface area contributed by atoms with E-state index in [0.29, 0.717) is 28.5 Å². The SMILES string of the molecule is COc1cc(CNC(=O)CN(c2ccc(C(C)C)cc2)S(=O)(=O)c2ccc(C)cc2)cc(OC)c1OC. The molecule has 0 aliphatic carbocycles. The van der Waals surface area contributed by atoms with Gasteiger partial charge in [0.2, 0.25) is 11.7 Å². The van der Waals surface area contributed by atoms with Crippen molar-refractivity contribution in [1.29, 1.82) is 0 Å². The summed E-state index contributed by atoms with van der Waals surface area (Å²) in [5, 5.41) is 2.80. The summed E-state index contributed by atoms with van der Waals surface area (Å²) in [7, 11) is 0.540. The van der Waals surface area contributed by atoms with Crippen molar-refractivity contribution in [3.63, 3.8) is 0 Å². The quantitative estimate of drug-likeness (QED) is 0.391. The smallest absolute Gasteiger partial charge is 0.264 e. The predicted molar refractivity (Wildman–Crippen MR) is 144 cm³/mol. The maximum atomic E-state index is 13.6. The average molecular weight is 527 g/mol. The van der Waals surface area contributed by atoms with Gasteiger partial charge in [0.05, 0.1) is 31.9 Å². The highest BCUT2D eigenvalue weighted by molar-refractivity contribution is 7.92. The fraction of sp³-hybridized carbons (Fsp3) is 0.321. The molecule has 0 radical (unpaired) electrons. The topological polar surface area (TPSA) is 94.2 Å². The van der Waals surface area contributed by atoms with Crippen LogP contribution in [-0.2, 0) is 21.4 Å². The van der Waals surface area contributed by atoms with E-state index in [1.807, 2.05) is 19.1 Å². The number of ether oxygens (including phenoxy) is 3. The molecular weight excluding hydrogens is 492 g/mol. The highest BCUT2D eigenvalue weighted by atomic mass is 32.2. The number of methoxy groups -OCH3 is 3. The molecule has 0 saturated heterocycles. The molecule has 3 rings (SSSR count). The molecule has 0 fully saturated rings. The molecule has 0 unspecified atom stereocenters. The third kappa shape index (κ3) is 6.54. The highest BCUT2D eigenvalue weighted by Gasteiger charge is 2.27. The van der Waals surface area contributed by atoms with E-state index in [-0.39, 0.29) is 23.9 Å². The van der Waals surface area contributed by atoms with E-state index >= 15 is 0 Å². The van der Waals surface area contributed by atoms with E-state index in [0.717, 1.165) is 15.4 Å². The van der Waals surface area contributed by atoms with Crippen molar-refractivity contribution in [3.8, 4) is 17.2 Å². The van der Waals surface area contributed by atoms with Crippen LogP contribution >= 0.6 is 0 Å². The van der Waals surface area contributed by atoms with Crippen LogP contribution in [0.1, 0.15) is 36.5 Å². The van der Waals surface area contributed by atoms with Crippen LogP contribution in [0.3, 0.4) is 0 Å². The zero-order valence-corrected chi connectivity index (χ0v) is 22.9. The summed E-state index contributed by atoms with van der Waals surface area (Å²) < 4.78 is 44.4. The Bertz CT molecular complexity index is 1290. The molecule has 0 bridgehead atoms. The summed E-state index contributed by atoms with van der Waals surface area (Å²) in [5.41, 5.74) is 3.13. The summed E-state index contributed by atoms with van der Waals surface area (Å²) in [5.74, 6) is 1.19. The fourth-order valence-electron chi connectivity index (χ4n) is 3.80. The van der Waals surface area contributed by atoms with E-state index in [2.05, 4.69) is 19.2 Å². The zero-order chi connectivity index (χ0) is 27.2. The molecule has 0 saturated carbocycles. The van der Waals surface area contributed by atoms with Crippen LogP contribution in [0.4, 0.5) is 5.69 Å². The summed E-state index contributed by atoms with van der Waals surface area (Å²) in [4.78, 5) is 13.1. The minimum atomic E-state index is -4.00. The van der Waals surface area contributed by atoms with Crippen LogP contribution in [0.15, 0.2) is 65.6 Å². The Balaban J connectivity index is 1.87. The molecule has 1 N–H and O–H groups in total. The molecule has 3 aromatic rings. The normalized spacial score (nSPS) is 11.2. The molecule has 0 aliphatic rings. The summed E-state index contributed by atoms with van der Waals surface area (Å²) in [6.07, 6.45) is 0. The van der Waals surface area contributed by atoms with Crippen LogP contribution in [0.2, 0.25) is 0 Å². The Labute approximate surface area is 219 Å². The minimum Gasteiger partial charge on any atom is -0.493 e. The second kappa shape index (κ2) is 12.0. The number of carbonyl (C=O) groups excluding carboxylic acids is 1. The third-order valence-corrected chi connectivity index (χ3v) is 7.75. The number of aryl methyl sites for hydroxylation is 1. The molecule has 0 atom stereocenters. The van der Waals surface area contributed by atoms with E-state index in [4.69, 9.17) is 14.2 Å². The Morgan fingerprint density at radius 3 is 1.95 bits per heavy atom. The van der Waals surface area contributed by atoms with E-state index in [9.17, 15) is 13.2 Å². The van der Waals surface area contributed by atoms with Crippen molar-refractivity contribution in [2.24, 2.45) is 0 Å². The second-order valence-corrected chi connectivity index (χ2v) is 10.7. The number of hydrogen-bond acceptors (Lipinski definition) is 6. The summed E-state index contributed by atoms with van der Waals surface area (Å²) in [6, 6.07) is 17.2. The van der Waals surface area contributed by atoms with Gasteiger partial charge in [0.15, 0.2) is 11.5 Å². The van der Waals surface area contributed by atoms with Gasteiger partial charge in [0.25, 0.3) is 10.0 Å². The molecule has 198 valence electrons. The van der Waals surface area contributed by atoms with Gasteiger partial charge in [0.1, 0.15) is 6.54 Å². The lowest BCUT2D eigenvalue weighted by Gasteiger charge is -2.25. The predicted octanol–water partition coefficient (Wildman–Crippen LogP) is 4.66. The lowest BCUT2D eigenvalue weighted by atomic mass is 10.0. The zero-order valence-electron chi connectivity index (χ0n) is 22.1. The highest BCUT2D eigenvalue weighted by Crippen LogP contribution is 2.38. The van der Waals surface area contributed by atoms with Gasteiger partial charge in [-0.05, 0) is 60.4 Å². The van der Waals surface area contributed by atoms with Crippen molar-refractivity contribution in [2.75, 3.05) is 32.2 Å². The summed E-state index contributed by atoms with van der Waals surface area (Å²) >= 11 is 0. The standard InChI is InChI=1S/C28H34N2O6S/c1-19(2)22-9-11-23(12-10-22)30(37(32,33)24-13-7-20(3)8-14-24)18-27(31)29-17-21-15-25(34-4)28(36-6)26(16-21)35-5/h7-16,19H,17-18H2,1-6H3,(H,29,31). The van der Waals surface area contributed by atoms with Gasteiger partial charge in [-0.3, -0.25) is 9.10 Å².